The van der Waals surface area contributed by atoms with E-state index in [-0.39, 0.29) is 23.0 Å². The van der Waals surface area contributed by atoms with E-state index in [4.69, 9.17) is 32.7 Å². The molecule has 1 aliphatic heterocycles. The largest absolute Gasteiger partial charge is 0.493 e. The minimum Gasteiger partial charge on any atom is -0.493 e. The van der Waals surface area contributed by atoms with Gasteiger partial charge in [-0.2, -0.15) is 18.3 Å². The van der Waals surface area contributed by atoms with Gasteiger partial charge in [0.15, 0.2) is 23.2 Å². The van der Waals surface area contributed by atoms with Crippen molar-refractivity contribution in [3.63, 3.8) is 0 Å². The Labute approximate surface area is 202 Å². The predicted octanol–water partition coefficient (Wildman–Crippen LogP) is 6.12. The molecular weight excluding hydrogens is 496 g/mol. The number of amides is 1. The van der Waals surface area contributed by atoms with Crippen LogP contribution in [0.4, 0.5) is 24.7 Å². The number of carbonyl (C=O) groups is 1. The summed E-state index contributed by atoms with van der Waals surface area (Å²) in [5, 5.41) is 9.62. The number of nitrogens with one attached hydrogen (secondary N) is 2. The molecule has 3 aromatic rings. The standard InChI is InChI=1S/C22H19Cl2F3N4O3/c1-33-15-7-6-11(8-16(15)34-2)14-10-17(22(25,26)27)31-20(29-14)18(24)19(30-31)21(32)28-13-5-3-4-12(23)9-13/h3-9,14,17,29H,10H2,1-2H3,(H,28,32)/t14-,17-/m1/s1. The van der Waals surface area contributed by atoms with Crippen molar-refractivity contribution < 1.29 is 27.4 Å². The second kappa shape index (κ2) is 9.27. The second-order valence-corrected chi connectivity index (χ2v) is 8.34. The van der Waals surface area contributed by atoms with Gasteiger partial charge in [0, 0.05) is 17.1 Å². The molecule has 34 heavy (non-hydrogen) atoms. The summed E-state index contributed by atoms with van der Waals surface area (Å²) in [6, 6.07) is 8.36. The first-order valence-electron chi connectivity index (χ1n) is 10.0. The van der Waals surface area contributed by atoms with Gasteiger partial charge < -0.3 is 20.1 Å². The minimum atomic E-state index is -4.64. The summed E-state index contributed by atoms with van der Waals surface area (Å²) >= 11 is 12.3. The highest BCUT2D eigenvalue weighted by atomic mass is 35.5. The smallest absolute Gasteiger partial charge is 0.410 e. The highest BCUT2D eigenvalue weighted by Gasteiger charge is 2.48. The van der Waals surface area contributed by atoms with Crippen molar-refractivity contribution in [2.45, 2.75) is 24.7 Å². The van der Waals surface area contributed by atoms with Crippen molar-refractivity contribution in [1.29, 1.82) is 0 Å². The van der Waals surface area contributed by atoms with Crippen LogP contribution < -0.4 is 20.1 Å². The van der Waals surface area contributed by atoms with Crippen molar-refractivity contribution in [2.24, 2.45) is 0 Å². The number of anilines is 2. The molecule has 2 aromatic carbocycles. The Morgan fingerprint density at radius 3 is 2.53 bits per heavy atom. The minimum absolute atomic E-state index is 0.105. The molecule has 7 nitrogen and oxygen atoms in total. The first kappa shape index (κ1) is 24.0. The molecule has 1 aliphatic rings. The Kier molecular flexibility index (Phi) is 6.55. The van der Waals surface area contributed by atoms with E-state index < -0.39 is 24.2 Å². The SMILES string of the molecule is COc1ccc([C@H]2C[C@H](C(F)(F)F)n3nc(C(=O)Nc4cccc(Cl)c4)c(Cl)c3N2)cc1OC. The number of methoxy groups -OCH3 is 2. The number of nitrogens with zero attached hydrogens (tertiary/aromatic N) is 2. The molecule has 180 valence electrons. The molecule has 2 N–H and O–H groups in total. The third kappa shape index (κ3) is 4.60. The summed E-state index contributed by atoms with van der Waals surface area (Å²) in [5.41, 5.74) is 0.537. The molecule has 2 heterocycles. The van der Waals surface area contributed by atoms with Crippen LogP contribution in [-0.4, -0.2) is 36.1 Å². The summed E-state index contributed by atoms with van der Waals surface area (Å²) in [5.74, 6) is -0.0552. The zero-order chi connectivity index (χ0) is 24.6. The van der Waals surface area contributed by atoms with Crippen LogP contribution in [0.1, 0.15) is 34.6 Å². The van der Waals surface area contributed by atoms with Crippen LogP contribution in [0.2, 0.25) is 10.0 Å². The topological polar surface area (TPSA) is 77.4 Å². The normalized spacial score (nSPS) is 17.5. The van der Waals surface area contributed by atoms with Gasteiger partial charge in [-0.25, -0.2) is 4.68 Å². The van der Waals surface area contributed by atoms with Gasteiger partial charge in [-0.1, -0.05) is 35.3 Å². The van der Waals surface area contributed by atoms with Gasteiger partial charge in [0.2, 0.25) is 0 Å². The quantitative estimate of drug-likeness (QED) is 0.428. The molecule has 12 heteroatoms. The molecular formula is C22H19Cl2F3N4O3. The van der Waals surface area contributed by atoms with E-state index in [1.807, 2.05) is 0 Å². The number of hydrogen-bond donors (Lipinski definition) is 2. The lowest BCUT2D eigenvalue weighted by molar-refractivity contribution is -0.173. The predicted molar refractivity (Wildman–Crippen MR) is 122 cm³/mol. The first-order valence-corrected chi connectivity index (χ1v) is 10.8. The summed E-state index contributed by atoms with van der Waals surface area (Å²) in [4.78, 5) is 12.8. The van der Waals surface area contributed by atoms with Crippen LogP contribution in [0, 0.1) is 0 Å². The third-order valence-corrected chi connectivity index (χ3v) is 6.00. The fourth-order valence-corrected chi connectivity index (χ4v) is 4.23. The van der Waals surface area contributed by atoms with Crippen molar-refractivity contribution in [1.82, 2.24) is 9.78 Å². The van der Waals surface area contributed by atoms with Crippen molar-refractivity contribution >= 4 is 40.6 Å². The average molecular weight is 515 g/mol. The second-order valence-electron chi connectivity index (χ2n) is 7.52. The van der Waals surface area contributed by atoms with Crippen LogP contribution in [0.15, 0.2) is 42.5 Å². The fraction of sp³-hybridized carbons (Fsp3) is 0.273. The number of carbonyl (C=O) groups excluding carboxylic acids is 1. The number of hydrogen-bond acceptors (Lipinski definition) is 5. The van der Waals surface area contributed by atoms with Crippen LogP contribution >= 0.6 is 23.2 Å². The highest BCUT2D eigenvalue weighted by Crippen LogP contribution is 2.47. The van der Waals surface area contributed by atoms with Crippen molar-refractivity contribution in [3.05, 3.63) is 63.8 Å². The molecule has 1 amide bonds. The number of benzene rings is 2. The maximum Gasteiger partial charge on any atom is 0.410 e. The Bertz CT molecular complexity index is 1230. The molecule has 0 saturated carbocycles. The maximum absolute atomic E-state index is 14.0. The van der Waals surface area contributed by atoms with E-state index >= 15 is 0 Å². The van der Waals surface area contributed by atoms with Gasteiger partial charge in [-0.3, -0.25) is 4.79 Å². The zero-order valence-electron chi connectivity index (χ0n) is 17.9. The van der Waals surface area contributed by atoms with Crippen LogP contribution in [-0.2, 0) is 0 Å². The van der Waals surface area contributed by atoms with E-state index in [9.17, 15) is 18.0 Å². The lowest BCUT2D eigenvalue weighted by Gasteiger charge is -2.33. The fourth-order valence-electron chi connectivity index (χ4n) is 3.78. The molecule has 0 radical (unpaired) electrons. The molecule has 0 spiro atoms. The van der Waals surface area contributed by atoms with Gasteiger partial charge in [-0.05, 0) is 35.9 Å². The van der Waals surface area contributed by atoms with Gasteiger partial charge >= 0.3 is 6.18 Å². The maximum atomic E-state index is 14.0. The van der Waals surface area contributed by atoms with E-state index in [0.29, 0.717) is 32.5 Å². The molecule has 0 fully saturated rings. The summed E-state index contributed by atoms with van der Waals surface area (Å²) < 4.78 is 53.2. The first-order chi connectivity index (χ1) is 16.1. The number of rotatable bonds is 5. The van der Waals surface area contributed by atoms with Crippen molar-refractivity contribution in [2.75, 3.05) is 24.9 Å². The average Bonchev–Trinajstić information content (AvgIpc) is 3.13. The molecule has 0 bridgehead atoms. The van der Waals surface area contributed by atoms with E-state index in [2.05, 4.69) is 15.7 Å². The van der Waals surface area contributed by atoms with Crippen LogP contribution in [0.5, 0.6) is 11.5 Å². The van der Waals surface area contributed by atoms with E-state index in [1.165, 1.54) is 20.3 Å². The van der Waals surface area contributed by atoms with Gasteiger partial charge in [0.25, 0.3) is 5.91 Å². The summed E-state index contributed by atoms with van der Waals surface area (Å²) in [7, 11) is 2.90. The monoisotopic (exact) mass is 514 g/mol. The van der Waals surface area contributed by atoms with Gasteiger partial charge in [0.05, 0.1) is 20.3 Å². The molecule has 4 rings (SSSR count). The Morgan fingerprint density at radius 1 is 1.15 bits per heavy atom. The summed E-state index contributed by atoms with van der Waals surface area (Å²) in [6.45, 7) is 0. The Balaban J connectivity index is 1.71. The van der Waals surface area contributed by atoms with E-state index in [0.717, 1.165) is 0 Å². The zero-order valence-corrected chi connectivity index (χ0v) is 19.4. The molecule has 0 unspecified atom stereocenters. The van der Waals surface area contributed by atoms with Crippen LogP contribution in [0.25, 0.3) is 0 Å². The lowest BCUT2D eigenvalue weighted by atomic mass is 9.96. The number of aromatic nitrogens is 2. The molecule has 2 atom stereocenters. The molecule has 0 aliphatic carbocycles. The summed E-state index contributed by atoms with van der Waals surface area (Å²) in [6.07, 6.45) is -5.01. The number of ether oxygens (including phenoxy) is 2. The molecule has 1 aromatic heterocycles. The Morgan fingerprint density at radius 2 is 1.88 bits per heavy atom. The lowest BCUT2D eigenvalue weighted by Crippen LogP contribution is -2.35. The third-order valence-electron chi connectivity index (χ3n) is 5.40. The molecule has 0 saturated heterocycles. The van der Waals surface area contributed by atoms with Gasteiger partial charge in [-0.15, -0.1) is 0 Å². The number of halogens is 5. The highest BCUT2D eigenvalue weighted by molar-refractivity contribution is 6.36. The van der Waals surface area contributed by atoms with Crippen LogP contribution in [0.3, 0.4) is 0 Å². The van der Waals surface area contributed by atoms with Gasteiger partial charge in [0.1, 0.15) is 10.8 Å². The van der Waals surface area contributed by atoms with Crippen molar-refractivity contribution in [3.8, 4) is 11.5 Å². The number of alkyl halides is 3. The van der Waals surface area contributed by atoms with E-state index in [1.54, 1.807) is 36.4 Å². The number of fused-ring (bicyclic) bond motifs is 1. The Hall–Kier alpha value is -3.11.